The molecule has 36 heavy (non-hydrogen) atoms. The quantitative estimate of drug-likeness (QED) is 0.359. The third-order valence-electron chi connectivity index (χ3n) is 6.09. The van der Waals surface area contributed by atoms with E-state index in [9.17, 15) is 14.4 Å². The van der Waals surface area contributed by atoms with Crippen LogP contribution in [-0.4, -0.2) is 54.3 Å². The van der Waals surface area contributed by atoms with Crippen molar-refractivity contribution in [2.75, 3.05) is 31.3 Å². The van der Waals surface area contributed by atoms with Gasteiger partial charge in [0, 0.05) is 47.7 Å². The van der Waals surface area contributed by atoms with Crippen molar-refractivity contribution in [3.8, 4) is 11.3 Å². The van der Waals surface area contributed by atoms with Gasteiger partial charge in [-0.1, -0.05) is 12.6 Å². The minimum absolute atomic E-state index is 0.0324. The lowest BCUT2D eigenvalue weighted by Gasteiger charge is -2.16. The van der Waals surface area contributed by atoms with E-state index in [1.165, 1.54) is 16.2 Å². The molecule has 2 aromatic heterocycles. The van der Waals surface area contributed by atoms with Crippen molar-refractivity contribution in [3.05, 3.63) is 65.6 Å². The summed E-state index contributed by atoms with van der Waals surface area (Å²) in [5, 5.41) is 11.1. The third-order valence-corrected chi connectivity index (χ3v) is 7.24. The van der Waals surface area contributed by atoms with Gasteiger partial charge >= 0.3 is 0 Å². The van der Waals surface area contributed by atoms with Gasteiger partial charge in [0.1, 0.15) is 4.88 Å². The Kier molecular flexibility index (Phi) is 5.93. The Bertz CT molecular complexity index is 1570. The van der Waals surface area contributed by atoms with Gasteiger partial charge in [0.15, 0.2) is 0 Å². The Morgan fingerprint density at radius 3 is 2.75 bits per heavy atom. The first-order valence-corrected chi connectivity index (χ1v) is 12.3. The Balaban J connectivity index is 1.62. The van der Waals surface area contributed by atoms with Crippen molar-refractivity contribution >= 4 is 61.4 Å². The summed E-state index contributed by atoms with van der Waals surface area (Å²) in [7, 11) is 3.32. The molecule has 0 spiro atoms. The van der Waals surface area contributed by atoms with E-state index in [-0.39, 0.29) is 17.9 Å². The summed E-state index contributed by atoms with van der Waals surface area (Å²) in [5.41, 5.74) is 3.84. The van der Waals surface area contributed by atoms with Gasteiger partial charge in [-0.25, -0.2) is 4.98 Å². The van der Waals surface area contributed by atoms with E-state index >= 15 is 0 Å². The van der Waals surface area contributed by atoms with Crippen LogP contribution >= 0.6 is 11.3 Å². The van der Waals surface area contributed by atoms with Crippen molar-refractivity contribution in [2.45, 2.75) is 13.0 Å². The largest absolute Gasteiger partial charge is 0.381 e. The van der Waals surface area contributed by atoms with Crippen LogP contribution in [0.5, 0.6) is 0 Å². The highest BCUT2D eigenvalue weighted by atomic mass is 32.1. The molecule has 1 atom stereocenters. The van der Waals surface area contributed by atoms with Crippen LogP contribution in [0, 0.1) is 0 Å². The molecule has 0 saturated carbocycles. The highest BCUT2D eigenvalue weighted by Gasteiger charge is 2.25. The maximum Gasteiger partial charge on any atom is 0.263 e. The molecular formula is C27H25N5O3S. The number of benzene rings is 2. The molecule has 5 rings (SSSR count). The van der Waals surface area contributed by atoms with Crippen LogP contribution in [-0.2, 0) is 4.79 Å². The van der Waals surface area contributed by atoms with Gasteiger partial charge in [0.05, 0.1) is 28.1 Å². The van der Waals surface area contributed by atoms with Crippen molar-refractivity contribution in [2.24, 2.45) is 0 Å². The number of fused-ring (bicyclic) bond motifs is 5. The third kappa shape index (κ3) is 4.07. The molecule has 0 unspecified atom stereocenters. The van der Waals surface area contributed by atoms with Gasteiger partial charge in [-0.05, 0) is 49.4 Å². The van der Waals surface area contributed by atoms with E-state index in [0.29, 0.717) is 28.4 Å². The monoisotopic (exact) mass is 499 g/mol. The van der Waals surface area contributed by atoms with Gasteiger partial charge in [-0.15, -0.1) is 11.3 Å². The summed E-state index contributed by atoms with van der Waals surface area (Å²) in [6.45, 7) is 6.11. The van der Waals surface area contributed by atoms with E-state index in [2.05, 4.69) is 22.5 Å². The molecule has 3 heterocycles. The van der Waals surface area contributed by atoms with Gasteiger partial charge in [-0.3, -0.25) is 14.4 Å². The molecule has 0 saturated heterocycles. The molecule has 9 heteroatoms. The van der Waals surface area contributed by atoms with Crippen LogP contribution in [0.4, 0.5) is 11.4 Å². The molecule has 3 amide bonds. The van der Waals surface area contributed by atoms with Crippen molar-refractivity contribution in [1.29, 1.82) is 0 Å². The minimum Gasteiger partial charge on any atom is -0.381 e. The van der Waals surface area contributed by atoms with Gasteiger partial charge < -0.3 is 20.9 Å². The number of rotatable bonds is 4. The number of anilines is 2. The Morgan fingerprint density at radius 1 is 1.19 bits per heavy atom. The zero-order valence-corrected chi connectivity index (χ0v) is 21.0. The first-order valence-electron chi connectivity index (χ1n) is 11.5. The molecule has 2 aromatic carbocycles. The molecule has 0 radical (unpaired) electrons. The maximum absolute atomic E-state index is 12.7. The lowest BCUT2D eigenvalue weighted by molar-refractivity contribution is -0.111. The molecule has 1 aliphatic rings. The lowest BCUT2D eigenvalue weighted by Crippen LogP contribution is -2.34. The van der Waals surface area contributed by atoms with Crippen molar-refractivity contribution < 1.29 is 14.4 Å². The van der Waals surface area contributed by atoms with Crippen molar-refractivity contribution in [1.82, 2.24) is 15.2 Å². The van der Waals surface area contributed by atoms with Gasteiger partial charge in [-0.2, -0.15) is 0 Å². The molecule has 0 aliphatic carbocycles. The molecule has 0 bridgehead atoms. The van der Waals surface area contributed by atoms with Crippen LogP contribution < -0.4 is 16.0 Å². The average Bonchev–Trinajstić information content (AvgIpc) is 3.19. The zero-order chi connectivity index (χ0) is 25.6. The molecule has 182 valence electrons. The standard InChI is InChI=1S/C27H25N5O3S/c1-5-22(33)31-20-12-15(6-7-17(20)27(35)32(3)4)18-9-8-16-19(30-18)10-11-21-23(16)24-25(36-21)26(34)29-14(2)13-28-24/h5-12,14,28H,1,13H2,2-4H3,(H,29,34)(H,31,33)/t14-/m1/s1. The van der Waals surface area contributed by atoms with E-state index in [4.69, 9.17) is 4.98 Å². The summed E-state index contributed by atoms with van der Waals surface area (Å²) in [4.78, 5) is 44.4. The summed E-state index contributed by atoms with van der Waals surface area (Å²) < 4.78 is 1.01. The van der Waals surface area contributed by atoms with Crippen LogP contribution in [0.3, 0.4) is 0 Å². The highest BCUT2D eigenvalue weighted by Crippen LogP contribution is 2.41. The second-order valence-corrected chi connectivity index (χ2v) is 9.97. The Hall–Kier alpha value is -4.24. The zero-order valence-electron chi connectivity index (χ0n) is 20.1. The second kappa shape index (κ2) is 9.09. The molecule has 1 aliphatic heterocycles. The SMILES string of the molecule is C=CC(=O)Nc1cc(-c2ccc3c(ccc4sc5c(c43)NC[C@@H](C)NC5=O)n2)ccc1C(=O)N(C)C. The summed E-state index contributed by atoms with van der Waals surface area (Å²) >= 11 is 1.47. The number of pyridine rings is 1. The predicted octanol–water partition coefficient (Wildman–Crippen LogP) is 4.49. The summed E-state index contributed by atoms with van der Waals surface area (Å²) in [6.07, 6.45) is 1.16. The van der Waals surface area contributed by atoms with Gasteiger partial charge in [0.2, 0.25) is 5.91 Å². The number of hydrogen-bond donors (Lipinski definition) is 3. The number of carbonyl (C=O) groups is 3. The van der Waals surface area contributed by atoms with E-state index in [1.807, 2.05) is 37.3 Å². The summed E-state index contributed by atoms with van der Waals surface area (Å²) in [5.74, 6) is -0.695. The molecule has 4 aromatic rings. The predicted molar refractivity (Wildman–Crippen MR) is 145 cm³/mol. The number of nitrogens with zero attached hydrogens (tertiary/aromatic N) is 2. The fourth-order valence-electron chi connectivity index (χ4n) is 4.30. The number of hydrogen-bond acceptors (Lipinski definition) is 6. The fourth-order valence-corrected chi connectivity index (χ4v) is 5.40. The lowest BCUT2D eigenvalue weighted by atomic mass is 10.0. The maximum atomic E-state index is 12.7. The van der Waals surface area contributed by atoms with E-state index < -0.39 is 5.91 Å². The normalized spacial score (nSPS) is 15.0. The number of thiophene rings is 1. The van der Waals surface area contributed by atoms with Gasteiger partial charge in [0.25, 0.3) is 11.8 Å². The number of amides is 3. The fraction of sp³-hybridized carbons (Fsp3) is 0.185. The van der Waals surface area contributed by atoms with Crippen LogP contribution in [0.1, 0.15) is 27.0 Å². The Morgan fingerprint density at radius 2 is 2.00 bits per heavy atom. The summed E-state index contributed by atoms with van der Waals surface area (Å²) in [6, 6.07) is 13.1. The van der Waals surface area contributed by atoms with Crippen LogP contribution in [0.15, 0.2) is 55.1 Å². The highest BCUT2D eigenvalue weighted by molar-refractivity contribution is 7.21. The average molecular weight is 500 g/mol. The molecule has 8 nitrogen and oxygen atoms in total. The minimum atomic E-state index is -0.405. The number of nitrogens with one attached hydrogen (secondary N) is 3. The van der Waals surface area contributed by atoms with Crippen molar-refractivity contribution in [3.63, 3.8) is 0 Å². The van der Waals surface area contributed by atoms with Crippen LogP contribution in [0.25, 0.3) is 32.2 Å². The van der Waals surface area contributed by atoms with E-state index in [0.717, 1.165) is 38.3 Å². The topological polar surface area (TPSA) is 103 Å². The first kappa shape index (κ1) is 23.5. The second-order valence-electron chi connectivity index (χ2n) is 8.92. The smallest absolute Gasteiger partial charge is 0.263 e. The Labute approximate surface area is 212 Å². The van der Waals surface area contributed by atoms with Crippen LogP contribution in [0.2, 0.25) is 0 Å². The number of aromatic nitrogens is 1. The number of carbonyl (C=O) groups excluding carboxylic acids is 3. The molecule has 0 fully saturated rings. The first-order chi connectivity index (χ1) is 17.3. The molecular weight excluding hydrogens is 474 g/mol. The van der Waals surface area contributed by atoms with E-state index in [1.54, 1.807) is 26.2 Å². The molecule has 3 N–H and O–H groups in total.